The van der Waals surface area contributed by atoms with Gasteiger partial charge in [0.1, 0.15) is 0 Å². The summed E-state index contributed by atoms with van der Waals surface area (Å²) >= 11 is 5.31. The Hall–Kier alpha value is -0.640. The van der Waals surface area contributed by atoms with Crippen molar-refractivity contribution in [3.8, 4) is 0 Å². The number of benzene rings is 1. The molecule has 0 fully saturated rings. The third kappa shape index (κ3) is 3.68. The van der Waals surface area contributed by atoms with Crippen LogP contribution in [0.3, 0.4) is 0 Å². The summed E-state index contributed by atoms with van der Waals surface area (Å²) in [6.07, 6.45) is 0. The Morgan fingerprint density at radius 1 is 1.11 bits per heavy atom. The fourth-order valence-corrected chi connectivity index (χ4v) is 3.88. The molecule has 1 N–H and O–H groups in total. The Morgan fingerprint density at radius 2 is 1.84 bits per heavy atom. The summed E-state index contributed by atoms with van der Waals surface area (Å²) in [6.45, 7) is 8.78. The first-order valence-corrected chi connectivity index (χ1v) is 8.21. The van der Waals surface area contributed by atoms with Crippen molar-refractivity contribution < 1.29 is 0 Å². The fourth-order valence-electron chi connectivity index (χ4n) is 2.41. The lowest BCUT2D eigenvalue weighted by Crippen LogP contribution is -2.22. The summed E-state index contributed by atoms with van der Waals surface area (Å²) in [5.41, 5.74) is 4.07. The van der Waals surface area contributed by atoms with Gasteiger partial charge < -0.3 is 5.32 Å². The van der Waals surface area contributed by atoms with Gasteiger partial charge in [-0.05, 0) is 60.8 Å². The Kier molecular flexibility index (Phi) is 4.82. The van der Waals surface area contributed by atoms with Crippen molar-refractivity contribution in [1.29, 1.82) is 0 Å². The first-order valence-electron chi connectivity index (χ1n) is 6.54. The Bertz CT molecular complexity index is 562. The van der Waals surface area contributed by atoms with E-state index in [1.165, 1.54) is 26.0 Å². The Labute approximate surface area is 128 Å². The zero-order chi connectivity index (χ0) is 14.0. The van der Waals surface area contributed by atoms with E-state index in [9.17, 15) is 0 Å². The molecule has 1 aromatic heterocycles. The first kappa shape index (κ1) is 14.8. The van der Waals surface area contributed by atoms with E-state index in [0.717, 1.165) is 0 Å². The van der Waals surface area contributed by atoms with Crippen LogP contribution >= 0.6 is 27.3 Å². The molecule has 2 unspecified atom stereocenters. The quantitative estimate of drug-likeness (QED) is 0.772. The van der Waals surface area contributed by atoms with Crippen molar-refractivity contribution in [3.05, 3.63) is 55.7 Å². The minimum absolute atomic E-state index is 0.358. The Morgan fingerprint density at radius 3 is 2.42 bits per heavy atom. The fraction of sp³-hybridized carbons (Fsp3) is 0.375. The molecule has 0 aliphatic carbocycles. The molecule has 19 heavy (non-hydrogen) atoms. The van der Waals surface area contributed by atoms with Crippen molar-refractivity contribution >= 4 is 27.3 Å². The summed E-state index contributed by atoms with van der Waals surface area (Å²) < 4.78 is 1.17. The topological polar surface area (TPSA) is 12.0 Å². The SMILES string of the molecule is Cc1ccc(C(C)NC(C)c2cc(Br)cs2)c(C)c1. The largest absolute Gasteiger partial charge is 0.303 e. The average molecular weight is 338 g/mol. The summed E-state index contributed by atoms with van der Waals surface area (Å²) in [6, 6.07) is 9.59. The molecule has 2 rings (SSSR count). The standard InChI is InChI=1S/C16H20BrNS/c1-10-5-6-15(11(2)7-10)12(3)18-13(4)16-8-14(17)9-19-16/h5-9,12-13,18H,1-4H3. The van der Waals surface area contributed by atoms with Crippen molar-refractivity contribution in [3.63, 3.8) is 0 Å². The molecule has 102 valence electrons. The van der Waals surface area contributed by atoms with Crippen LogP contribution in [0.1, 0.15) is 47.5 Å². The van der Waals surface area contributed by atoms with Crippen molar-refractivity contribution in [2.45, 2.75) is 39.8 Å². The van der Waals surface area contributed by atoms with Gasteiger partial charge in [-0.2, -0.15) is 0 Å². The minimum atomic E-state index is 0.358. The van der Waals surface area contributed by atoms with Crippen LogP contribution in [0.15, 0.2) is 34.1 Å². The van der Waals surface area contributed by atoms with E-state index < -0.39 is 0 Å². The molecule has 1 nitrogen and oxygen atoms in total. The third-order valence-electron chi connectivity index (χ3n) is 3.41. The van der Waals surface area contributed by atoms with Crippen LogP contribution in [0.5, 0.6) is 0 Å². The first-order chi connectivity index (χ1) is 8.97. The molecule has 0 spiro atoms. The normalized spacial score (nSPS) is 14.4. The molecule has 0 saturated carbocycles. The van der Waals surface area contributed by atoms with Gasteiger partial charge in [0.05, 0.1) is 0 Å². The lowest BCUT2D eigenvalue weighted by atomic mass is 9.99. The molecule has 0 bridgehead atoms. The number of hydrogen-bond donors (Lipinski definition) is 1. The molecular formula is C16H20BrNS. The molecule has 0 radical (unpaired) electrons. The maximum Gasteiger partial charge on any atom is 0.0391 e. The number of halogens is 1. The van der Waals surface area contributed by atoms with Crippen LogP contribution < -0.4 is 5.32 Å². The summed E-state index contributed by atoms with van der Waals surface area (Å²) in [5, 5.41) is 5.81. The van der Waals surface area contributed by atoms with E-state index in [0.29, 0.717) is 12.1 Å². The van der Waals surface area contributed by atoms with Crippen LogP contribution in [0.25, 0.3) is 0 Å². The van der Waals surface area contributed by atoms with E-state index in [1.807, 2.05) is 0 Å². The van der Waals surface area contributed by atoms with Crippen LogP contribution in [0.2, 0.25) is 0 Å². The number of nitrogens with one attached hydrogen (secondary N) is 1. The zero-order valence-electron chi connectivity index (χ0n) is 11.8. The summed E-state index contributed by atoms with van der Waals surface area (Å²) in [4.78, 5) is 1.36. The number of thiophene rings is 1. The molecule has 1 heterocycles. The number of aryl methyl sites for hydroxylation is 2. The summed E-state index contributed by atoms with van der Waals surface area (Å²) in [5.74, 6) is 0. The predicted molar refractivity (Wildman–Crippen MR) is 87.9 cm³/mol. The summed E-state index contributed by atoms with van der Waals surface area (Å²) in [7, 11) is 0. The van der Waals surface area contributed by atoms with Gasteiger partial charge in [-0.15, -0.1) is 11.3 Å². The minimum Gasteiger partial charge on any atom is -0.303 e. The van der Waals surface area contributed by atoms with Crippen LogP contribution in [0, 0.1) is 13.8 Å². The van der Waals surface area contributed by atoms with Crippen LogP contribution in [-0.2, 0) is 0 Å². The van der Waals surface area contributed by atoms with E-state index in [-0.39, 0.29) is 0 Å². The molecule has 3 heteroatoms. The molecule has 0 aliphatic heterocycles. The van der Waals surface area contributed by atoms with Gasteiger partial charge in [-0.3, -0.25) is 0 Å². The molecule has 0 saturated heterocycles. The molecule has 1 aromatic carbocycles. The van der Waals surface area contributed by atoms with Gasteiger partial charge in [-0.1, -0.05) is 23.8 Å². The zero-order valence-corrected chi connectivity index (χ0v) is 14.2. The van der Waals surface area contributed by atoms with E-state index in [2.05, 4.69) is 78.6 Å². The van der Waals surface area contributed by atoms with Crippen molar-refractivity contribution in [2.24, 2.45) is 0 Å². The molecule has 2 atom stereocenters. The molecular weight excluding hydrogens is 318 g/mol. The third-order valence-corrected chi connectivity index (χ3v) is 5.28. The second-order valence-corrected chi connectivity index (χ2v) is 7.00. The predicted octanol–water partition coefficient (Wildman–Crippen LogP) is 5.54. The molecule has 2 aromatic rings. The molecule has 0 amide bonds. The second kappa shape index (κ2) is 6.21. The van der Waals surface area contributed by atoms with Crippen LogP contribution in [-0.4, -0.2) is 0 Å². The van der Waals surface area contributed by atoms with Gasteiger partial charge in [0.2, 0.25) is 0 Å². The highest BCUT2D eigenvalue weighted by atomic mass is 79.9. The molecule has 0 aliphatic rings. The highest BCUT2D eigenvalue weighted by Crippen LogP contribution is 2.28. The lowest BCUT2D eigenvalue weighted by molar-refractivity contribution is 0.498. The van der Waals surface area contributed by atoms with Crippen molar-refractivity contribution in [2.75, 3.05) is 0 Å². The van der Waals surface area contributed by atoms with E-state index in [1.54, 1.807) is 11.3 Å². The van der Waals surface area contributed by atoms with Gasteiger partial charge in [-0.25, -0.2) is 0 Å². The number of hydrogen-bond acceptors (Lipinski definition) is 2. The highest BCUT2D eigenvalue weighted by Gasteiger charge is 2.14. The monoisotopic (exact) mass is 337 g/mol. The maximum absolute atomic E-state index is 3.68. The van der Waals surface area contributed by atoms with Gasteiger partial charge in [0.15, 0.2) is 0 Å². The van der Waals surface area contributed by atoms with Crippen molar-refractivity contribution in [1.82, 2.24) is 5.32 Å². The van der Waals surface area contributed by atoms with E-state index in [4.69, 9.17) is 0 Å². The number of rotatable bonds is 4. The van der Waals surface area contributed by atoms with E-state index >= 15 is 0 Å². The van der Waals surface area contributed by atoms with Gasteiger partial charge in [0.25, 0.3) is 0 Å². The Balaban J connectivity index is 2.10. The maximum atomic E-state index is 3.68. The second-order valence-electron chi connectivity index (χ2n) is 5.14. The van der Waals surface area contributed by atoms with Gasteiger partial charge in [0, 0.05) is 26.8 Å². The highest BCUT2D eigenvalue weighted by molar-refractivity contribution is 9.10. The van der Waals surface area contributed by atoms with Gasteiger partial charge >= 0.3 is 0 Å². The van der Waals surface area contributed by atoms with Crippen LogP contribution in [0.4, 0.5) is 0 Å². The average Bonchev–Trinajstić information content (AvgIpc) is 2.75. The lowest BCUT2D eigenvalue weighted by Gasteiger charge is -2.21. The smallest absolute Gasteiger partial charge is 0.0391 e.